The van der Waals surface area contributed by atoms with Crippen LogP contribution >= 0.6 is 0 Å². The van der Waals surface area contributed by atoms with E-state index >= 15 is 0 Å². The van der Waals surface area contributed by atoms with Crippen molar-refractivity contribution >= 4 is 11.6 Å². The van der Waals surface area contributed by atoms with E-state index in [-0.39, 0.29) is 29.4 Å². The van der Waals surface area contributed by atoms with Gasteiger partial charge in [-0.1, -0.05) is 38.1 Å². The summed E-state index contributed by atoms with van der Waals surface area (Å²) in [6, 6.07) is 8.13. The number of nitrogens with one attached hydrogen (secondary N) is 2. The molecule has 0 atom stereocenters. The summed E-state index contributed by atoms with van der Waals surface area (Å²) in [6.45, 7) is 4.34. The number of carbonyl (C=O) groups excluding carboxylic acids is 1. The molecule has 1 aromatic carbocycles. The van der Waals surface area contributed by atoms with Crippen LogP contribution in [0, 0.1) is 0 Å². The highest BCUT2D eigenvalue weighted by atomic mass is 19.4. The van der Waals surface area contributed by atoms with Crippen LogP contribution in [-0.2, 0) is 12.6 Å². The van der Waals surface area contributed by atoms with E-state index in [0.29, 0.717) is 16.5 Å². The number of fused-ring (bicyclic) bond motifs is 1. The van der Waals surface area contributed by atoms with Crippen molar-refractivity contribution in [3.63, 3.8) is 0 Å². The third-order valence-electron chi connectivity index (χ3n) is 5.11. The van der Waals surface area contributed by atoms with Gasteiger partial charge in [0.15, 0.2) is 11.3 Å². The fraction of sp³-hybridized carbons (Fsp3) is 0.273. The van der Waals surface area contributed by atoms with Crippen molar-refractivity contribution in [2.45, 2.75) is 32.4 Å². The molecule has 0 unspecified atom stereocenters. The molecule has 0 aliphatic carbocycles. The summed E-state index contributed by atoms with van der Waals surface area (Å²) in [5.74, 6) is -0.260. The molecule has 7 nitrogen and oxygen atoms in total. The Labute approximate surface area is 181 Å². The summed E-state index contributed by atoms with van der Waals surface area (Å²) in [5.41, 5.74) is 1.35. The van der Waals surface area contributed by atoms with E-state index in [4.69, 9.17) is 0 Å². The van der Waals surface area contributed by atoms with Gasteiger partial charge < -0.3 is 10.3 Å². The number of nitrogens with zero attached hydrogens (tertiary/aromatic N) is 4. The molecular formula is C22H21F3N6O. The van der Waals surface area contributed by atoms with E-state index in [0.717, 1.165) is 23.5 Å². The molecule has 0 saturated heterocycles. The lowest BCUT2D eigenvalue weighted by atomic mass is 10.0. The Morgan fingerprint density at radius 2 is 1.94 bits per heavy atom. The third-order valence-corrected chi connectivity index (χ3v) is 5.11. The molecule has 0 spiro atoms. The van der Waals surface area contributed by atoms with Crippen molar-refractivity contribution in [1.29, 1.82) is 0 Å². The number of hydrogen-bond acceptors (Lipinski definition) is 4. The predicted octanol–water partition coefficient (Wildman–Crippen LogP) is 4.23. The lowest BCUT2D eigenvalue weighted by Gasteiger charge is -2.12. The molecule has 0 aliphatic rings. The Kier molecular flexibility index (Phi) is 5.68. The second-order valence-electron chi connectivity index (χ2n) is 7.68. The number of rotatable bonds is 6. The quantitative estimate of drug-likeness (QED) is 0.468. The first-order valence-electron chi connectivity index (χ1n) is 10.1. The average Bonchev–Trinajstić information content (AvgIpc) is 3.42. The maximum atomic E-state index is 13.8. The number of alkyl halides is 3. The molecule has 166 valence electrons. The molecule has 0 radical (unpaired) electrons. The van der Waals surface area contributed by atoms with Gasteiger partial charge >= 0.3 is 6.18 Å². The summed E-state index contributed by atoms with van der Waals surface area (Å²) >= 11 is 0. The zero-order valence-corrected chi connectivity index (χ0v) is 17.4. The third kappa shape index (κ3) is 4.34. The number of imidazole rings is 1. The van der Waals surface area contributed by atoms with E-state index in [1.807, 2.05) is 26.0 Å². The number of carbonyl (C=O) groups is 1. The smallest absolute Gasteiger partial charge is 0.351 e. The molecule has 4 aromatic rings. The molecule has 0 bridgehead atoms. The summed E-state index contributed by atoms with van der Waals surface area (Å²) in [4.78, 5) is 23.8. The van der Waals surface area contributed by atoms with Gasteiger partial charge in [0.05, 0.1) is 18.2 Å². The fourth-order valence-electron chi connectivity index (χ4n) is 3.34. The number of hydrogen-bond donors (Lipinski definition) is 2. The van der Waals surface area contributed by atoms with Crippen LogP contribution in [0.15, 0.2) is 49.1 Å². The van der Waals surface area contributed by atoms with Crippen molar-refractivity contribution in [2.75, 3.05) is 6.54 Å². The maximum absolute atomic E-state index is 13.8. The van der Waals surface area contributed by atoms with E-state index < -0.39 is 17.8 Å². The number of H-pyrrole nitrogens is 1. The van der Waals surface area contributed by atoms with Crippen LogP contribution in [0.5, 0.6) is 0 Å². The van der Waals surface area contributed by atoms with Gasteiger partial charge in [-0.2, -0.15) is 18.3 Å². The number of aromatic nitrogens is 5. The molecule has 0 saturated carbocycles. The molecule has 0 aliphatic heterocycles. The topological polar surface area (TPSA) is 88.0 Å². The van der Waals surface area contributed by atoms with Crippen molar-refractivity contribution in [1.82, 2.24) is 29.9 Å². The fourth-order valence-corrected chi connectivity index (χ4v) is 3.34. The number of halogens is 3. The first-order valence-corrected chi connectivity index (χ1v) is 10.1. The van der Waals surface area contributed by atoms with Crippen molar-refractivity contribution < 1.29 is 18.0 Å². The summed E-state index contributed by atoms with van der Waals surface area (Å²) < 4.78 is 41.9. The molecule has 32 heavy (non-hydrogen) atoms. The van der Waals surface area contributed by atoms with Gasteiger partial charge in [0.25, 0.3) is 5.91 Å². The SMILES string of the molecule is CC(C)c1ccc(-c2cc(C(F)(F)F)n3ncc(C(=O)NCCc4cnc[nH]4)c3n2)cc1. The second kappa shape index (κ2) is 8.45. The molecule has 3 heterocycles. The Bertz CT molecular complexity index is 1230. The standard InChI is InChI=1S/C22H21F3N6O/c1-13(2)14-3-5-15(6-4-14)18-9-19(22(23,24)25)31-20(30-18)17(11-29-31)21(32)27-8-7-16-10-26-12-28-16/h3-6,9-13H,7-8H2,1-2H3,(H,26,28)(H,27,32). The van der Waals surface area contributed by atoms with Crippen LogP contribution in [0.1, 0.15) is 47.1 Å². The van der Waals surface area contributed by atoms with E-state index in [1.54, 1.807) is 18.3 Å². The Hall–Kier alpha value is -3.69. The minimum Gasteiger partial charge on any atom is -0.351 e. The van der Waals surface area contributed by atoms with Crippen LogP contribution < -0.4 is 5.32 Å². The minimum atomic E-state index is -4.67. The Balaban J connectivity index is 1.70. The maximum Gasteiger partial charge on any atom is 0.433 e. The molecule has 2 N–H and O–H groups in total. The van der Waals surface area contributed by atoms with Crippen molar-refractivity contribution in [3.05, 3.63) is 71.6 Å². The molecule has 3 aromatic heterocycles. The van der Waals surface area contributed by atoms with E-state index in [2.05, 4.69) is 25.4 Å². The number of amides is 1. The van der Waals surface area contributed by atoms with Gasteiger partial charge in [-0.25, -0.2) is 14.5 Å². The molecule has 1 amide bonds. The largest absolute Gasteiger partial charge is 0.433 e. The zero-order chi connectivity index (χ0) is 22.9. The normalized spacial score (nSPS) is 11.9. The molecule has 4 rings (SSSR count). The Morgan fingerprint density at radius 1 is 1.19 bits per heavy atom. The molecule has 10 heteroatoms. The van der Waals surface area contributed by atoms with Crippen LogP contribution in [0.3, 0.4) is 0 Å². The molecule has 0 fully saturated rings. The Morgan fingerprint density at radius 3 is 2.56 bits per heavy atom. The van der Waals surface area contributed by atoms with Crippen LogP contribution in [0.4, 0.5) is 13.2 Å². The van der Waals surface area contributed by atoms with Crippen LogP contribution in [-0.4, -0.2) is 37.0 Å². The lowest BCUT2D eigenvalue weighted by molar-refractivity contribution is -0.142. The van der Waals surface area contributed by atoms with Crippen molar-refractivity contribution in [2.24, 2.45) is 0 Å². The number of benzene rings is 1. The van der Waals surface area contributed by atoms with Crippen LogP contribution in [0.2, 0.25) is 0 Å². The highest BCUT2D eigenvalue weighted by Crippen LogP contribution is 2.33. The molecular weight excluding hydrogens is 421 g/mol. The lowest BCUT2D eigenvalue weighted by Crippen LogP contribution is -2.26. The van der Waals surface area contributed by atoms with E-state index in [9.17, 15) is 18.0 Å². The summed E-state index contributed by atoms with van der Waals surface area (Å²) in [6.07, 6.45) is 0.0955. The first-order chi connectivity index (χ1) is 15.2. The minimum absolute atomic E-state index is 0.0271. The second-order valence-corrected chi connectivity index (χ2v) is 7.68. The summed E-state index contributed by atoms with van der Waals surface area (Å²) in [7, 11) is 0. The van der Waals surface area contributed by atoms with Gasteiger partial charge in [0.2, 0.25) is 0 Å². The zero-order valence-electron chi connectivity index (χ0n) is 17.4. The highest BCUT2D eigenvalue weighted by Gasteiger charge is 2.36. The van der Waals surface area contributed by atoms with E-state index in [1.165, 1.54) is 6.33 Å². The average molecular weight is 442 g/mol. The van der Waals surface area contributed by atoms with Gasteiger partial charge in [0, 0.05) is 30.4 Å². The first kappa shape index (κ1) is 21.5. The van der Waals surface area contributed by atoms with Crippen molar-refractivity contribution in [3.8, 4) is 11.3 Å². The van der Waals surface area contributed by atoms with Gasteiger partial charge in [-0.05, 0) is 17.5 Å². The highest BCUT2D eigenvalue weighted by molar-refractivity contribution is 5.99. The monoisotopic (exact) mass is 442 g/mol. The van der Waals surface area contributed by atoms with Gasteiger partial charge in [0.1, 0.15) is 5.56 Å². The summed E-state index contributed by atoms with van der Waals surface area (Å²) in [5, 5.41) is 6.48. The predicted molar refractivity (Wildman–Crippen MR) is 112 cm³/mol. The van der Waals surface area contributed by atoms with Gasteiger partial charge in [-0.3, -0.25) is 4.79 Å². The van der Waals surface area contributed by atoms with Gasteiger partial charge in [-0.15, -0.1) is 0 Å². The number of aromatic amines is 1. The van der Waals surface area contributed by atoms with Crippen LogP contribution in [0.25, 0.3) is 16.9 Å².